The first-order valence-electron chi connectivity index (χ1n) is 8.55. The zero-order valence-electron chi connectivity index (χ0n) is 13.8. The summed E-state index contributed by atoms with van der Waals surface area (Å²) in [6.45, 7) is 3.64. The van der Waals surface area contributed by atoms with Gasteiger partial charge in [-0.2, -0.15) is 0 Å². The highest BCUT2D eigenvalue weighted by molar-refractivity contribution is 5.99. The van der Waals surface area contributed by atoms with E-state index in [9.17, 15) is 9.59 Å². The minimum Gasteiger partial charge on any atom is -0.342 e. The first-order chi connectivity index (χ1) is 11.0. The van der Waals surface area contributed by atoms with Crippen LogP contribution in [0.2, 0.25) is 0 Å². The van der Waals surface area contributed by atoms with E-state index in [1.54, 1.807) is 6.20 Å². The lowest BCUT2D eigenvalue weighted by Gasteiger charge is -2.45. The molecule has 1 aromatic heterocycles. The van der Waals surface area contributed by atoms with Crippen molar-refractivity contribution < 1.29 is 9.59 Å². The molecule has 2 fully saturated rings. The van der Waals surface area contributed by atoms with Gasteiger partial charge in [-0.3, -0.25) is 14.6 Å². The molecule has 0 unspecified atom stereocenters. The lowest BCUT2D eigenvalue weighted by molar-refractivity contribution is -0.142. The van der Waals surface area contributed by atoms with Crippen LogP contribution in [0.5, 0.6) is 0 Å². The summed E-state index contributed by atoms with van der Waals surface area (Å²) in [4.78, 5) is 33.4. The van der Waals surface area contributed by atoms with Gasteiger partial charge in [-0.05, 0) is 43.7 Å². The molecular weight excluding hydrogens is 290 g/mol. The Balaban J connectivity index is 1.53. The molecule has 3 heterocycles. The van der Waals surface area contributed by atoms with Gasteiger partial charge >= 0.3 is 0 Å². The van der Waals surface area contributed by atoms with Crippen molar-refractivity contribution in [1.29, 1.82) is 0 Å². The monoisotopic (exact) mass is 313 g/mol. The highest BCUT2D eigenvalue weighted by Gasteiger charge is 2.51. The Morgan fingerprint density at radius 2 is 2.00 bits per heavy atom. The van der Waals surface area contributed by atoms with Crippen LogP contribution in [0.3, 0.4) is 0 Å². The van der Waals surface area contributed by atoms with Crippen LogP contribution in [-0.4, -0.2) is 46.7 Å². The number of aromatic nitrogens is 1. The molecule has 0 radical (unpaired) electrons. The van der Waals surface area contributed by atoms with Gasteiger partial charge in [0.2, 0.25) is 5.91 Å². The standard InChI is InChI=1S/C18H23N3O2/c1-12-10-13(11-12)16(22)21-8-5-18(6-9-21)15-14(4-3-7-19-15)17(23)20(18)2/h3-4,7,12-13H,5-6,8-11H2,1-2H3. The number of carbonyl (C=O) groups excluding carboxylic acids is 2. The summed E-state index contributed by atoms with van der Waals surface area (Å²) in [5, 5.41) is 0. The third-order valence-corrected chi connectivity index (χ3v) is 6.05. The SMILES string of the molecule is CC1CC(C(=O)N2CCC3(CC2)c2ncccc2C(=O)N3C)C1. The largest absolute Gasteiger partial charge is 0.342 e. The zero-order chi connectivity index (χ0) is 16.2. The smallest absolute Gasteiger partial charge is 0.256 e. The fourth-order valence-corrected chi connectivity index (χ4v) is 4.51. The van der Waals surface area contributed by atoms with Gasteiger partial charge in [0.15, 0.2) is 0 Å². The van der Waals surface area contributed by atoms with E-state index in [0.29, 0.717) is 11.8 Å². The minimum atomic E-state index is -0.322. The van der Waals surface area contributed by atoms with Gasteiger partial charge < -0.3 is 9.80 Å². The molecule has 1 spiro atoms. The maximum atomic E-state index is 12.6. The van der Waals surface area contributed by atoms with Gasteiger partial charge in [-0.15, -0.1) is 0 Å². The molecule has 3 aliphatic rings. The fourth-order valence-electron chi connectivity index (χ4n) is 4.51. The molecule has 4 rings (SSSR count). The van der Waals surface area contributed by atoms with Gasteiger partial charge in [0.25, 0.3) is 5.91 Å². The lowest BCUT2D eigenvalue weighted by atomic mass is 9.75. The normalized spacial score (nSPS) is 28.7. The fraction of sp³-hybridized carbons (Fsp3) is 0.611. The van der Waals surface area contributed by atoms with Crippen molar-refractivity contribution in [3.63, 3.8) is 0 Å². The number of hydrogen-bond acceptors (Lipinski definition) is 3. The summed E-state index contributed by atoms with van der Waals surface area (Å²) in [6.07, 6.45) is 5.40. The minimum absolute atomic E-state index is 0.0562. The predicted molar refractivity (Wildman–Crippen MR) is 85.7 cm³/mol. The van der Waals surface area contributed by atoms with Crippen LogP contribution in [0, 0.1) is 11.8 Å². The summed E-state index contributed by atoms with van der Waals surface area (Å²) in [5.74, 6) is 1.29. The number of carbonyl (C=O) groups is 2. The number of piperidine rings is 1. The number of pyridine rings is 1. The zero-order valence-corrected chi connectivity index (χ0v) is 13.8. The molecule has 2 amide bonds. The second-order valence-electron chi connectivity index (χ2n) is 7.39. The Morgan fingerprint density at radius 1 is 1.30 bits per heavy atom. The number of nitrogens with zero attached hydrogens (tertiary/aromatic N) is 3. The molecule has 1 aromatic rings. The number of amides is 2. The summed E-state index contributed by atoms with van der Waals surface area (Å²) < 4.78 is 0. The second-order valence-corrected chi connectivity index (χ2v) is 7.39. The lowest BCUT2D eigenvalue weighted by Crippen LogP contribution is -2.53. The van der Waals surface area contributed by atoms with E-state index in [4.69, 9.17) is 0 Å². The summed E-state index contributed by atoms with van der Waals surface area (Å²) in [6, 6.07) is 3.68. The van der Waals surface area contributed by atoms with Gasteiger partial charge in [-0.25, -0.2) is 0 Å². The molecule has 5 nitrogen and oxygen atoms in total. The molecule has 0 N–H and O–H groups in total. The van der Waals surface area contributed by atoms with E-state index >= 15 is 0 Å². The molecule has 0 bridgehead atoms. The van der Waals surface area contributed by atoms with Crippen molar-refractivity contribution in [2.24, 2.45) is 11.8 Å². The van der Waals surface area contributed by atoms with Crippen molar-refractivity contribution >= 4 is 11.8 Å². The van der Waals surface area contributed by atoms with E-state index in [1.165, 1.54) is 0 Å². The van der Waals surface area contributed by atoms with E-state index < -0.39 is 0 Å². The molecule has 1 aliphatic carbocycles. The average molecular weight is 313 g/mol. The number of rotatable bonds is 1. The van der Waals surface area contributed by atoms with Crippen molar-refractivity contribution in [1.82, 2.24) is 14.8 Å². The van der Waals surface area contributed by atoms with Crippen LogP contribution in [0.25, 0.3) is 0 Å². The van der Waals surface area contributed by atoms with E-state index in [1.807, 2.05) is 29.0 Å². The molecule has 5 heteroatoms. The average Bonchev–Trinajstić information content (AvgIpc) is 2.75. The second kappa shape index (κ2) is 5.05. The van der Waals surface area contributed by atoms with Crippen molar-refractivity contribution in [3.8, 4) is 0 Å². The van der Waals surface area contributed by atoms with Crippen molar-refractivity contribution in [3.05, 3.63) is 29.6 Å². The van der Waals surface area contributed by atoms with E-state index in [0.717, 1.165) is 50.0 Å². The van der Waals surface area contributed by atoms with Gasteiger partial charge in [-0.1, -0.05) is 6.92 Å². The molecule has 2 aliphatic heterocycles. The van der Waals surface area contributed by atoms with Gasteiger partial charge in [0.1, 0.15) is 0 Å². The summed E-state index contributed by atoms with van der Waals surface area (Å²) in [5.41, 5.74) is 1.30. The van der Waals surface area contributed by atoms with E-state index in [-0.39, 0.29) is 17.4 Å². The molecular formula is C18H23N3O2. The Bertz CT molecular complexity index is 658. The topological polar surface area (TPSA) is 53.5 Å². The Morgan fingerprint density at radius 3 is 2.65 bits per heavy atom. The van der Waals surface area contributed by atoms with Crippen LogP contribution in [0.15, 0.2) is 18.3 Å². The Kier molecular flexibility index (Phi) is 3.22. The van der Waals surface area contributed by atoms with E-state index in [2.05, 4.69) is 11.9 Å². The molecule has 122 valence electrons. The van der Waals surface area contributed by atoms with Gasteiger partial charge in [0.05, 0.1) is 16.8 Å². The molecule has 0 aromatic carbocycles. The van der Waals surface area contributed by atoms with Gasteiger partial charge in [0, 0.05) is 32.3 Å². The first-order valence-corrected chi connectivity index (χ1v) is 8.55. The highest BCUT2D eigenvalue weighted by atomic mass is 16.2. The summed E-state index contributed by atoms with van der Waals surface area (Å²) in [7, 11) is 1.87. The third kappa shape index (κ3) is 2.02. The first kappa shape index (κ1) is 14.7. The maximum absolute atomic E-state index is 12.6. The van der Waals surface area contributed by atoms with Crippen LogP contribution < -0.4 is 0 Å². The molecule has 1 saturated heterocycles. The Hall–Kier alpha value is -1.91. The van der Waals surface area contributed by atoms with Crippen LogP contribution in [0.1, 0.15) is 48.7 Å². The third-order valence-electron chi connectivity index (χ3n) is 6.05. The van der Waals surface area contributed by atoms with Crippen LogP contribution in [0.4, 0.5) is 0 Å². The predicted octanol–water partition coefficient (Wildman–Crippen LogP) is 2.03. The van der Waals surface area contributed by atoms with Crippen molar-refractivity contribution in [2.75, 3.05) is 20.1 Å². The van der Waals surface area contributed by atoms with Crippen LogP contribution >= 0.6 is 0 Å². The summed E-state index contributed by atoms with van der Waals surface area (Å²) >= 11 is 0. The molecule has 23 heavy (non-hydrogen) atoms. The highest BCUT2D eigenvalue weighted by Crippen LogP contribution is 2.45. The maximum Gasteiger partial charge on any atom is 0.256 e. The number of likely N-dealkylation sites (tertiary alicyclic amines) is 1. The molecule has 0 atom stereocenters. The van der Waals surface area contributed by atoms with Crippen molar-refractivity contribution in [2.45, 2.75) is 38.1 Å². The quantitative estimate of drug-likeness (QED) is 0.797. The Labute approximate surface area is 136 Å². The molecule has 1 saturated carbocycles. The van der Waals surface area contributed by atoms with Crippen LogP contribution in [-0.2, 0) is 10.3 Å². The number of fused-ring (bicyclic) bond motifs is 2. The number of hydrogen-bond donors (Lipinski definition) is 0.